The first-order valence-corrected chi connectivity index (χ1v) is 11.6. The first-order chi connectivity index (χ1) is 15.1. The van der Waals surface area contributed by atoms with Gasteiger partial charge in [-0.05, 0) is 80.1 Å². The molecule has 0 aromatic heterocycles. The molecule has 0 amide bonds. The minimum absolute atomic E-state index is 0.0346. The molecule has 0 radical (unpaired) electrons. The molecule has 0 aliphatic rings. The van der Waals surface area contributed by atoms with Gasteiger partial charge in [-0.2, -0.15) is 0 Å². The van der Waals surface area contributed by atoms with E-state index in [1.165, 1.54) is 6.07 Å². The molecule has 3 aromatic rings. The number of aliphatic hydroxyl groups is 1. The lowest BCUT2D eigenvalue weighted by Gasteiger charge is -2.21. The van der Waals surface area contributed by atoms with E-state index >= 15 is 0 Å². The molecule has 1 unspecified atom stereocenters. The van der Waals surface area contributed by atoms with Crippen LogP contribution in [0.2, 0.25) is 0 Å². The van der Waals surface area contributed by atoms with Crippen LogP contribution in [0.15, 0.2) is 57.5 Å². The topological polar surface area (TPSA) is 87.0 Å². The number of carboxylic acids is 1. The summed E-state index contributed by atoms with van der Waals surface area (Å²) in [7, 11) is 0. The van der Waals surface area contributed by atoms with Crippen LogP contribution in [0.25, 0.3) is 0 Å². The largest absolute Gasteiger partial charge is 0.508 e. The number of aliphatic hydroxyl groups excluding tert-OH is 1. The maximum absolute atomic E-state index is 11.1. The fourth-order valence-electron chi connectivity index (χ4n) is 3.48. The van der Waals surface area contributed by atoms with Crippen molar-refractivity contribution in [1.29, 1.82) is 0 Å². The zero-order valence-electron chi connectivity index (χ0n) is 17.9. The average Bonchev–Trinajstić information content (AvgIpc) is 2.70. The molecule has 0 bridgehead atoms. The Hall–Kier alpha value is -2.35. The van der Waals surface area contributed by atoms with E-state index in [1.807, 2.05) is 45.0 Å². The number of aromatic hydroxyl groups is 1. The van der Waals surface area contributed by atoms with Gasteiger partial charge in [0.25, 0.3) is 0 Å². The van der Waals surface area contributed by atoms with E-state index in [1.54, 1.807) is 18.2 Å². The van der Waals surface area contributed by atoms with Crippen LogP contribution in [0.1, 0.15) is 53.7 Å². The smallest absolute Gasteiger partial charge is 0.307 e. The number of carboxylic acid groups (broad SMARTS) is 1. The Balaban J connectivity index is 2.10. The Morgan fingerprint density at radius 3 is 2.25 bits per heavy atom. The molecule has 0 aliphatic carbocycles. The molecule has 0 heterocycles. The maximum atomic E-state index is 11.1. The molecule has 7 heteroatoms. The Morgan fingerprint density at radius 2 is 1.69 bits per heavy atom. The van der Waals surface area contributed by atoms with Gasteiger partial charge in [-0.3, -0.25) is 4.79 Å². The van der Waals surface area contributed by atoms with Gasteiger partial charge < -0.3 is 20.1 Å². The van der Waals surface area contributed by atoms with Gasteiger partial charge >= 0.3 is 5.97 Å². The summed E-state index contributed by atoms with van der Waals surface area (Å²) in [6.45, 7) is 5.86. The number of hydrogen-bond acceptors (Lipinski definition) is 4. The Morgan fingerprint density at radius 1 is 1.03 bits per heavy atom. The zero-order chi connectivity index (χ0) is 23.6. The summed E-state index contributed by atoms with van der Waals surface area (Å²) < 4.78 is 7.37. The second-order valence-electron chi connectivity index (χ2n) is 7.98. The first kappa shape index (κ1) is 24.3. The number of hydrogen-bond donors (Lipinski definition) is 3. The van der Waals surface area contributed by atoms with Gasteiger partial charge in [0.2, 0.25) is 0 Å². The van der Waals surface area contributed by atoms with Crippen LogP contribution in [0.3, 0.4) is 0 Å². The lowest BCUT2D eigenvalue weighted by atomic mass is 9.94. The van der Waals surface area contributed by atoms with Crippen LogP contribution >= 0.6 is 31.9 Å². The number of aliphatic carboxylic acids is 1. The Labute approximate surface area is 203 Å². The van der Waals surface area contributed by atoms with Gasteiger partial charge in [-0.1, -0.05) is 43.7 Å². The van der Waals surface area contributed by atoms with Crippen LogP contribution < -0.4 is 4.74 Å². The SMILES string of the molecule is Cc1cccc(C(O)c2cc(O)c(C(C)C)cc2Oc2c(Br)cc(CC(=O)O)cc2Br)c1. The highest BCUT2D eigenvalue weighted by Gasteiger charge is 2.22. The van der Waals surface area contributed by atoms with Gasteiger partial charge in [0.15, 0.2) is 5.75 Å². The lowest BCUT2D eigenvalue weighted by Crippen LogP contribution is -2.05. The van der Waals surface area contributed by atoms with Crippen LogP contribution in [0.5, 0.6) is 17.2 Å². The van der Waals surface area contributed by atoms with Gasteiger partial charge in [0, 0.05) is 11.1 Å². The second-order valence-corrected chi connectivity index (χ2v) is 9.69. The lowest BCUT2D eigenvalue weighted by molar-refractivity contribution is -0.136. The number of phenols is 1. The molecule has 1 atom stereocenters. The number of ether oxygens (including phenoxy) is 1. The van der Waals surface area contributed by atoms with Crippen LogP contribution in [0, 0.1) is 6.92 Å². The molecule has 3 N–H and O–H groups in total. The van der Waals surface area contributed by atoms with E-state index < -0.39 is 12.1 Å². The molecular weight excluding hydrogens is 540 g/mol. The molecule has 0 saturated carbocycles. The summed E-state index contributed by atoms with van der Waals surface area (Å²) >= 11 is 6.93. The van der Waals surface area contributed by atoms with Gasteiger partial charge in [0.05, 0.1) is 15.4 Å². The molecule has 3 rings (SSSR count). The van der Waals surface area contributed by atoms with Crippen LogP contribution in [-0.4, -0.2) is 21.3 Å². The van der Waals surface area contributed by atoms with Crippen molar-refractivity contribution >= 4 is 37.8 Å². The fourth-order valence-corrected chi connectivity index (χ4v) is 4.92. The quantitative estimate of drug-likeness (QED) is 0.292. The van der Waals surface area contributed by atoms with Crippen LogP contribution in [-0.2, 0) is 11.2 Å². The van der Waals surface area contributed by atoms with E-state index in [-0.39, 0.29) is 18.1 Å². The fraction of sp³-hybridized carbons (Fsp3) is 0.240. The molecule has 32 heavy (non-hydrogen) atoms. The van der Waals surface area contributed by atoms with Gasteiger partial charge in [0.1, 0.15) is 17.6 Å². The summed E-state index contributed by atoms with van der Waals surface area (Å²) in [6, 6.07) is 14.2. The van der Waals surface area contributed by atoms with Crippen molar-refractivity contribution < 1.29 is 24.9 Å². The minimum Gasteiger partial charge on any atom is -0.508 e. The molecule has 0 saturated heterocycles. The summed E-state index contributed by atoms with van der Waals surface area (Å²) in [5.41, 5.74) is 3.41. The van der Waals surface area contributed by atoms with E-state index in [4.69, 9.17) is 9.84 Å². The maximum Gasteiger partial charge on any atom is 0.307 e. The molecular formula is C25H24Br2O5. The Bertz CT molecular complexity index is 1130. The highest BCUT2D eigenvalue weighted by Crippen LogP contribution is 2.43. The van der Waals surface area contributed by atoms with E-state index in [9.17, 15) is 15.0 Å². The molecule has 5 nitrogen and oxygen atoms in total. The molecule has 0 aliphatic heterocycles. The van der Waals surface area contributed by atoms with Gasteiger partial charge in [-0.25, -0.2) is 0 Å². The van der Waals surface area contributed by atoms with Gasteiger partial charge in [-0.15, -0.1) is 0 Å². The highest BCUT2D eigenvalue weighted by atomic mass is 79.9. The predicted octanol–water partition coefficient (Wildman–Crippen LogP) is 6.85. The number of phenolic OH excluding ortho intramolecular Hbond substituents is 1. The summed E-state index contributed by atoms with van der Waals surface area (Å²) in [5, 5.41) is 30.8. The molecule has 3 aromatic carbocycles. The normalized spacial score (nSPS) is 12.1. The van der Waals surface area contributed by atoms with E-state index in [2.05, 4.69) is 31.9 Å². The first-order valence-electron chi connectivity index (χ1n) is 10.1. The summed E-state index contributed by atoms with van der Waals surface area (Å²) in [6.07, 6.45) is -1.13. The van der Waals surface area contributed by atoms with Crippen molar-refractivity contribution in [2.24, 2.45) is 0 Å². The van der Waals surface area contributed by atoms with Crippen molar-refractivity contribution in [3.63, 3.8) is 0 Å². The number of halogens is 2. The minimum atomic E-state index is -1.01. The highest BCUT2D eigenvalue weighted by molar-refractivity contribution is 9.11. The Kier molecular flexibility index (Phi) is 7.64. The standard InChI is InChI=1S/C25H24Br2O5/c1-13(2)17-12-22(32-25-19(26)8-15(9-20(25)27)10-23(29)30)18(11-21(17)28)24(31)16-6-4-5-14(3)7-16/h4-9,11-13,24,28,31H,10H2,1-3H3,(H,29,30). The van der Waals surface area contributed by atoms with Crippen molar-refractivity contribution in [1.82, 2.24) is 0 Å². The van der Waals surface area contributed by atoms with E-state index in [0.717, 1.165) is 5.56 Å². The average molecular weight is 564 g/mol. The number of rotatable bonds is 7. The molecule has 0 spiro atoms. The molecule has 0 fully saturated rings. The van der Waals surface area contributed by atoms with Crippen molar-refractivity contribution in [2.75, 3.05) is 0 Å². The third-order valence-corrected chi connectivity index (χ3v) is 6.24. The number of benzene rings is 3. The van der Waals surface area contributed by atoms with Crippen molar-refractivity contribution in [2.45, 2.75) is 39.2 Å². The zero-order valence-corrected chi connectivity index (χ0v) is 21.1. The number of carbonyl (C=O) groups is 1. The summed E-state index contributed by atoms with van der Waals surface area (Å²) in [5.74, 6) is 0.0302. The predicted molar refractivity (Wildman–Crippen MR) is 131 cm³/mol. The third-order valence-electron chi connectivity index (χ3n) is 5.06. The third kappa shape index (κ3) is 5.52. The van der Waals surface area contributed by atoms with Crippen molar-refractivity contribution in [3.8, 4) is 17.2 Å². The summed E-state index contributed by atoms with van der Waals surface area (Å²) in [4.78, 5) is 11.1. The second kappa shape index (κ2) is 10.1. The number of aryl methyl sites for hydroxylation is 1. The monoisotopic (exact) mass is 562 g/mol. The molecule has 168 valence electrons. The van der Waals surface area contributed by atoms with E-state index in [0.29, 0.717) is 42.7 Å². The van der Waals surface area contributed by atoms with Crippen molar-refractivity contribution in [3.05, 3.63) is 85.3 Å². The van der Waals surface area contributed by atoms with Crippen LogP contribution in [0.4, 0.5) is 0 Å².